The van der Waals surface area contributed by atoms with Crippen molar-refractivity contribution in [2.75, 3.05) is 62.3 Å². The van der Waals surface area contributed by atoms with Crippen molar-refractivity contribution in [1.82, 2.24) is 15.1 Å². The van der Waals surface area contributed by atoms with Gasteiger partial charge in [0.05, 0.1) is 13.2 Å². The van der Waals surface area contributed by atoms with Crippen LogP contribution in [0.15, 0.2) is 42.5 Å². The Morgan fingerprint density at radius 3 is 2.19 bits per heavy atom. The van der Waals surface area contributed by atoms with Crippen LogP contribution >= 0.6 is 0 Å². The maximum Gasteiger partial charge on any atom is 0.274 e. The number of hydrogen-bond donors (Lipinski definition) is 0. The summed E-state index contributed by atoms with van der Waals surface area (Å²) >= 11 is 0. The maximum atomic E-state index is 12.7. The van der Waals surface area contributed by atoms with Gasteiger partial charge in [0.2, 0.25) is 0 Å². The van der Waals surface area contributed by atoms with Crippen molar-refractivity contribution in [1.29, 1.82) is 0 Å². The Morgan fingerprint density at radius 2 is 1.54 bits per heavy atom. The van der Waals surface area contributed by atoms with Crippen LogP contribution in [0, 0.1) is 0 Å². The van der Waals surface area contributed by atoms with Gasteiger partial charge in [-0.3, -0.25) is 4.79 Å². The summed E-state index contributed by atoms with van der Waals surface area (Å²) in [7, 11) is 0. The fourth-order valence-corrected chi connectivity index (χ4v) is 3.37. The number of ether oxygens (including phenoxy) is 1. The summed E-state index contributed by atoms with van der Waals surface area (Å²) in [6.45, 7) is 6.07. The highest BCUT2D eigenvalue weighted by atomic mass is 16.5. The molecule has 2 saturated heterocycles. The van der Waals surface area contributed by atoms with E-state index in [2.05, 4.69) is 32.1 Å². The van der Waals surface area contributed by atoms with Gasteiger partial charge in [-0.15, -0.1) is 10.2 Å². The molecule has 1 aromatic carbocycles. The van der Waals surface area contributed by atoms with Gasteiger partial charge in [-0.1, -0.05) is 18.2 Å². The van der Waals surface area contributed by atoms with Crippen LogP contribution in [-0.4, -0.2) is 73.5 Å². The molecule has 7 heteroatoms. The van der Waals surface area contributed by atoms with Crippen LogP contribution in [0.4, 0.5) is 11.5 Å². The van der Waals surface area contributed by atoms with E-state index in [1.807, 2.05) is 29.2 Å². The third kappa shape index (κ3) is 3.62. The number of rotatable bonds is 3. The first-order chi connectivity index (χ1) is 12.8. The van der Waals surface area contributed by atoms with Crippen LogP contribution < -0.4 is 9.80 Å². The molecule has 0 spiro atoms. The summed E-state index contributed by atoms with van der Waals surface area (Å²) in [5.74, 6) is 0.762. The van der Waals surface area contributed by atoms with Gasteiger partial charge in [0, 0.05) is 45.0 Å². The molecule has 4 rings (SSSR count). The first-order valence-corrected chi connectivity index (χ1v) is 9.07. The van der Waals surface area contributed by atoms with E-state index in [1.54, 1.807) is 6.07 Å². The fraction of sp³-hybridized carbons (Fsp3) is 0.421. The highest BCUT2D eigenvalue weighted by Crippen LogP contribution is 2.17. The van der Waals surface area contributed by atoms with E-state index in [4.69, 9.17) is 4.74 Å². The molecule has 0 aliphatic carbocycles. The predicted molar refractivity (Wildman–Crippen MR) is 99.6 cm³/mol. The summed E-state index contributed by atoms with van der Waals surface area (Å²) in [6, 6.07) is 14.0. The Morgan fingerprint density at radius 1 is 0.808 bits per heavy atom. The highest BCUT2D eigenvalue weighted by molar-refractivity contribution is 5.92. The first kappa shape index (κ1) is 16.8. The predicted octanol–water partition coefficient (Wildman–Crippen LogP) is 1.28. The molecule has 2 fully saturated rings. The summed E-state index contributed by atoms with van der Waals surface area (Å²) in [6.07, 6.45) is 0. The van der Waals surface area contributed by atoms with Gasteiger partial charge in [0.15, 0.2) is 11.5 Å². The van der Waals surface area contributed by atoms with Crippen LogP contribution in [0.1, 0.15) is 10.5 Å². The number of carbonyl (C=O) groups is 1. The molecule has 0 atom stereocenters. The maximum absolute atomic E-state index is 12.7. The molecule has 2 aliphatic rings. The number of para-hydroxylation sites is 1. The molecular formula is C19H23N5O2. The molecule has 1 amide bonds. The number of anilines is 2. The fourth-order valence-electron chi connectivity index (χ4n) is 3.37. The summed E-state index contributed by atoms with van der Waals surface area (Å²) in [5.41, 5.74) is 1.62. The molecule has 3 heterocycles. The summed E-state index contributed by atoms with van der Waals surface area (Å²) in [5, 5.41) is 8.41. The lowest BCUT2D eigenvalue weighted by Crippen LogP contribution is -2.49. The minimum Gasteiger partial charge on any atom is -0.378 e. The zero-order chi connectivity index (χ0) is 17.8. The third-order valence-corrected chi connectivity index (χ3v) is 4.89. The number of aromatic nitrogens is 2. The summed E-state index contributed by atoms with van der Waals surface area (Å²) in [4.78, 5) is 19.0. The second-order valence-electron chi connectivity index (χ2n) is 6.49. The number of nitrogens with zero attached hydrogens (tertiary/aromatic N) is 5. The normalized spacial score (nSPS) is 18.1. The molecule has 0 bridgehead atoms. The van der Waals surface area contributed by atoms with Gasteiger partial charge in [0.1, 0.15) is 0 Å². The number of morpholine rings is 1. The van der Waals surface area contributed by atoms with Gasteiger partial charge in [-0.05, 0) is 24.3 Å². The minimum atomic E-state index is -0.0428. The smallest absolute Gasteiger partial charge is 0.274 e. The zero-order valence-electron chi connectivity index (χ0n) is 14.8. The molecule has 0 radical (unpaired) electrons. The lowest BCUT2D eigenvalue weighted by molar-refractivity contribution is 0.0739. The Bertz CT molecular complexity index is 723. The molecule has 7 nitrogen and oxygen atoms in total. The molecule has 0 N–H and O–H groups in total. The average Bonchev–Trinajstić information content (AvgIpc) is 2.75. The van der Waals surface area contributed by atoms with E-state index in [0.717, 1.165) is 32.0 Å². The number of carbonyl (C=O) groups excluding carboxylic acids is 1. The van der Waals surface area contributed by atoms with Crippen LogP contribution in [0.2, 0.25) is 0 Å². The van der Waals surface area contributed by atoms with Crippen molar-refractivity contribution in [2.45, 2.75) is 0 Å². The van der Waals surface area contributed by atoms with E-state index >= 15 is 0 Å². The second-order valence-corrected chi connectivity index (χ2v) is 6.49. The van der Waals surface area contributed by atoms with Crippen molar-refractivity contribution >= 4 is 17.4 Å². The average molecular weight is 353 g/mol. The van der Waals surface area contributed by atoms with Crippen LogP contribution in [-0.2, 0) is 4.74 Å². The van der Waals surface area contributed by atoms with Crippen LogP contribution in [0.3, 0.4) is 0 Å². The van der Waals surface area contributed by atoms with Crippen molar-refractivity contribution in [3.63, 3.8) is 0 Å². The lowest BCUT2D eigenvalue weighted by atomic mass is 10.2. The molecule has 26 heavy (non-hydrogen) atoms. The van der Waals surface area contributed by atoms with E-state index in [0.29, 0.717) is 32.0 Å². The van der Waals surface area contributed by atoms with E-state index in [-0.39, 0.29) is 5.91 Å². The van der Waals surface area contributed by atoms with Gasteiger partial charge in [-0.25, -0.2) is 0 Å². The zero-order valence-corrected chi connectivity index (χ0v) is 14.8. The minimum absolute atomic E-state index is 0.0428. The molecule has 0 unspecified atom stereocenters. The van der Waals surface area contributed by atoms with Crippen molar-refractivity contribution < 1.29 is 9.53 Å². The number of piperazine rings is 1. The van der Waals surface area contributed by atoms with E-state index < -0.39 is 0 Å². The van der Waals surface area contributed by atoms with E-state index in [1.165, 1.54) is 5.69 Å². The molecule has 136 valence electrons. The highest BCUT2D eigenvalue weighted by Gasteiger charge is 2.23. The Balaban J connectivity index is 1.36. The van der Waals surface area contributed by atoms with E-state index in [9.17, 15) is 4.79 Å². The second kappa shape index (κ2) is 7.70. The Kier molecular flexibility index (Phi) is 4.97. The van der Waals surface area contributed by atoms with Gasteiger partial charge >= 0.3 is 0 Å². The molecule has 0 saturated carbocycles. The van der Waals surface area contributed by atoms with Crippen LogP contribution in [0.25, 0.3) is 0 Å². The lowest BCUT2D eigenvalue weighted by Gasteiger charge is -2.36. The number of amides is 1. The Labute approximate surface area is 153 Å². The first-order valence-electron chi connectivity index (χ1n) is 9.07. The van der Waals surface area contributed by atoms with Crippen molar-refractivity contribution in [3.05, 3.63) is 48.2 Å². The van der Waals surface area contributed by atoms with Gasteiger partial charge in [0.25, 0.3) is 5.91 Å². The van der Waals surface area contributed by atoms with Gasteiger partial charge < -0.3 is 19.4 Å². The quantitative estimate of drug-likeness (QED) is 0.828. The standard InChI is InChI=1S/C19H23N5O2/c25-19(17-6-7-18(21-20-17)23-12-14-26-15-13-23)24-10-8-22(9-11-24)16-4-2-1-3-5-16/h1-7H,8-15H2. The largest absolute Gasteiger partial charge is 0.378 e. The number of hydrogen-bond acceptors (Lipinski definition) is 6. The molecule has 2 aliphatic heterocycles. The van der Waals surface area contributed by atoms with Crippen LogP contribution in [0.5, 0.6) is 0 Å². The molecular weight excluding hydrogens is 330 g/mol. The topological polar surface area (TPSA) is 61.8 Å². The molecule has 2 aromatic rings. The monoisotopic (exact) mass is 353 g/mol. The Hall–Kier alpha value is -2.67. The molecule has 1 aromatic heterocycles. The summed E-state index contributed by atoms with van der Waals surface area (Å²) < 4.78 is 5.35. The number of benzene rings is 1. The van der Waals surface area contributed by atoms with Gasteiger partial charge in [-0.2, -0.15) is 0 Å². The van der Waals surface area contributed by atoms with Crippen molar-refractivity contribution in [2.24, 2.45) is 0 Å². The van der Waals surface area contributed by atoms with Crippen molar-refractivity contribution in [3.8, 4) is 0 Å². The third-order valence-electron chi connectivity index (χ3n) is 4.89. The SMILES string of the molecule is O=C(c1ccc(N2CCOCC2)nn1)N1CCN(c2ccccc2)CC1.